The number of nitrogens with one attached hydrogen (secondary N) is 3. The first-order valence-electron chi connectivity index (χ1n) is 18.8. The van der Waals surface area contributed by atoms with Gasteiger partial charge in [0, 0.05) is 18.7 Å². The third-order valence-corrected chi connectivity index (χ3v) is 13.1. The molecule has 2 aromatic heterocycles. The molecule has 3 aromatic rings. The van der Waals surface area contributed by atoms with Crippen molar-refractivity contribution in [1.82, 2.24) is 30.4 Å². The van der Waals surface area contributed by atoms with Gasteiger partial charge in [0.1, 0.15) is 34.8 Å². The van der Waals surface area contributed by atoms with Crippen molar-refractivity contribution in [3.8, 4) is 5.75 Å². The van der Waals surface area contributed by atoms with E-state index in [9.17, 15) is 27.6 Å². The summed E-state index contributed by atoms with van der Waals surface area (Å²) in [4.78, 5) is 61.5. The van der Waals surface area contributed by atoms with E-state index < -0.39 is 67.9 Å². The van der Waals surface area contributed by atoms with Gasteiger partial charge in [-0.05, 0) is 70.8 Å². The Morgan fingerprint density at radius 2 is 1.80 bits per heavy atom. The standard InChI is InChI=1S/C38H48N6O9S/c1-36(2,3)52-35(48)41-27-14-10-5-4-9-13-25-21-38(25,34(47)43-54(49,50)37(16-17-37)20-24-11-7-6-8-12-24)42-32(45)29-19-26(23-44(29)33(27)46)51-30-15-18-39-28-22-40-53-31(28)30/h6-8,11-12,15,18,22,25-27,29H,4-5,9-10,13-14,16-17,19-21,23H2,1-3H3,(H,41,48)(H,42,45)(H,43,47)/t25-,26-,27+,29+,38-/m1/s1. The zero-order valence-electron chi connectivity index (χ0n) is 30.8. The summed E-state index contributed by atoms with van der Waals surface area (Å²) in [6.07, 6.45) is 6.84. The molecule has 1 aromatic carbocycles. The highest BCUT2D eigenvalue weighted by Gasteiger charge is 2.64. The molecule has 290 valence electrons. The number of carbonyl (C=O) groups excluding carboxylic acids is 4. The van der Waals surface area contributed by atoms with E-state index >= 15 is 0 Å². The van der Waals surface area contributed by atoms with Gasteiger partial charge in [-0.2, -0.15) is 0 Å². The van der Waals surface area contributed by atoms with Crippen LogP contribution in [-0.4, -0.2) is 87.9 Å². The molecule has 5 atom stereocenters. The van der Waals surface area contributed by atoms with E-state index in [-0.39, 0.29) is 31.7 Å². The van der Waals surface area contributed by atoms with Crippen molar-refractivity contribution < 1.29 is 41.6 Å². The van der Waals surface area contributed by atoms with Gasteiger partial charge in [-0.15, -0.1) is 0 Å². The van der Waals surface area contributed by atoms with Crippen LogP contribution in [0, 0.1) is 5.92 Å². The van der Waals surface area contributed by atoms with Crippen molar-refractivity contribution in [3.63, 3.8) is 0 Å². The number of alkyl carbamates (subject to hydrolysis) is 1. The summed E-state index contributed by atoms with van der Waals surface area (Å²) in [6.45, 7) is 5.17. The van der Waals surface area contributed by atoms with E-state index in [1.807, 2.05) is 30.3 Å². The van der Waals surface area contributed by atoms with E-state index in [4.69, 9.17) is 14.0 Å². The van der Waals surface area contributed by atoms with Crippen molar-refractivity contribution in [2.75, 3.05) is 6.54 Å². The molecular formula is C38H48N6O9S. The van der Waals surface area contributed by atoms with E-state index in [0.29, 0.717) is 49.0 Å². The van der Waals surface area contributed by atoms with Gasteiger partial charge in [-0.3, -0.25) is 24.1 Å². The molecule has 2 aliphatic carbocycles. The number of hydrogen-bond acceptors (Lipinski definition) is 11. The Morgan fingerprint density at radius 1 is 1.06 bits per heavy atom. The van der Waals surface area contributed by atoms with Crippen LogP contribution in [0.4, 0.5) is 4.79 Å². The second-order valence-electron chi connectivity index (χ2n) is 16.2. The maximum absolute atomic E-state index is 14.4. The summed E-state index contributed by atoms with van der Waals surface area (Å²) in [5, 5.41) is 9.47. The molecule has 2 saturated heterocycles. The molecule has 15 nitrogen and oxygen atoms in total. The van der Waals surface area contributed by atoms with E-state index in [1.165, 1.54) is 17.3 Å². The fourth-order valence-corrected chi connectivity index (χ4v) is 9.48. The molecule has 0 unspecified atom stereocenters. The second-order valence-corrected chi connectivity index (χ2v) is 18.2. The number of carbonyl (C=O) groups is 4. The molecule has 2 aliphatic heterocycles. The lowest BCUT2D eigenvalue weighted by atomic mass is 10.0. The monoisotopic (exact) mass is 764 g/mol. The Hall–Kier alpha value is -4.73. The van der Waals surface area contributed by atoms with Crippen molar-refractivity contribution >= 4 is 44.9 Å². The largest absolute Gasteiger partial charge is 0.484 e. The van der Waals surface area contributed by atoms with Gasteiger partial charge in [0.05, 0.1) is 17.5 Å². The molecule has 7 rings (SSSR count). The predicted octanol–water partition coefficient (Wildman–Crippen LogP) is 3.91. The number of pyridine rings is 1. The van der Waals surface area contributed by atoms with Crippen LogP contribution >= 0.6 is 0 Å². The Morgan fingerprint density at radius 3 is 2.52 bits per heavy atom. The molecule has 4 fully saturated rings. The van der Waals surface area contributed by atoms with Crippen molar-refractivity contribution in [3.05, 3.63) is 54.4 Å². The average Bonchev–Trinajstić information content (AvgIpc) is 3.91. The molecule has 4 amide bonds. The fraction of sp³-hybridized carbons (Fsp3) is 0.579. The SMILES string of the molecule is CC(C)(C)OC(=O)N[C@H]1CCCCCC[C@@H]2C[C@@]2(C(=O)NS(=O)(=O)C2(Cc3ccccc3)CC2)NC(=O)[C@@H]2C[C@@H](Oc3ccnc4cnoc34)CN2C1=O. The Bertz CT molecular complexity index is 2010. The lowest BCUT2D eigenvalue weighted by molar-refractivity contribution is -0.141. The molecule has 4 aliphatic rings. The minimum Gasteiger partial charge on any atom is -0.484 e. The van der Waals surface area contributed by atoms with E-state index in [0.717, 1.165) is 24.8 Å². The summed E-state index contributed by atoms with van der Waals surface area (Å²) in [7, 11) is -4.11. The van der Waals surface area contributed by atoms with Crippen LogP contribution in [0.5, 0.6) is 5.75 Å². The van der Waals surface area contributed by atoms with Crippen LogP contribution in [0.1, 0.15) is 90.5 Å². The van der Waals surface area contributed by atoms with E-state index in [1.54, 1.807) is 26.8 Å². The smallest absolute Gasteiger partial charge is 0.408 e. The highest BCUT2D eigenvalue weighted by atomic mass is 32.2. The summed E-state index contributed by atoms with van der Waals surface area (Å²) < 4.78 is 46.1. The normalized spacial score (nSPS) is 27.1. The van der Waals surface area contributed by atoms with Gasteiger partial charge in [-0.25, -0.2) is 13.2 Å². The Kier molecular flexibility index (Phi) is 10.1. The molecule has 4 heterocycles. The number of amides is 4. The van der Waals surface area contributed by atoms with Gasteiger partial charge in [0.25, 0.3) is 5.91 Å². The van der Waals surface area contributed by atoms with Crippen LogP contribution in [0.2, 0.25) is 0 Å². The number of aromatic nitrogens is 2. The maximum Gasteiger partial charge on any atom is 0.408 e. The topological polar surface area (TPSA) is 199 Å². The highest BCUT2D eigenvalue weighted by molar-refractivity contribution is 7.91. The zero-order valence-corrected chi connectivity index (χ0v) is 31.7. The first kappa shape index (κ1) is 37.6. The first-order valence-corrected chi connectivity index (χ1v) is 20.3. The number of benzene rings is 1. The molecule has 16 heteroatoms. The molecule has 0 spiro atoms. The van der Waals surface area contributed by atoms with E-state index in [2.05, 4.69) is 25.5 Å². The van der Waals surface area contributed by atoms with Crippen LogP contribution in [0.3, 0.4) is 0 Å². The zero-order chi connectivity index (χ0) is 38.3. The fourth-order valence-electron chi connectivity index (χ4n) is 7.84. The van der Waals surface area contributed by atoms with Crippen LogP contribution in [0.25, 0.3) is 11.1 Å². The number of fused-ring (bicyclic) bond motifs is 3. The first-order chi connectivity index (χ1) is 25.7. The summed E-state index contributed by atoms with van der Waals surface area (Å²) in [5.41, 5.74) is -0.622. The summed E-state index contributed by atoms with van der Waals surface area (Å²) >= 11 is 0. The highest BCUT2D eigenvalue weighted by Crippen LogP contribution is 2.50. The predicted molar refractivity (Wildman–Crippen MR) is 195 cm³/mol. The lowest BCUT2D eigenvalue weighted by Crippen LogP contribution is -2.59. The second kappa shape index (κ2) is 14.5. The van der Waals surface area contributed by atoms with Crippen molar-refractivity contribution in [1.29, 1.82) is 0 Å². The van der Waals surface area contributed by atoms with Crippen molar-refractivity contribution in [2.24, 2.45) is 5.92 Å². The van der Waals surface area contributed by atoms with Gasteiger partial charge in [0.2, 0.25) is 27.4 Å². The average molecular weight is 765 g/mol. The van der Waals surface area contributed by atoms with Gasteiger partial charge in [-0.1, -0.05) is 61.2 Å². The minimum absolute atomic E-state index is 0.0135. The number of rotatable bonds is 8. The van der Waals surface area contributed by atoms with Gasteiger partial charge >= 0.3 is 6.09 Å². The number of hydrogen-bond donors (Lipinski definition) is 3. The molecule has 0 bridgehead atoms. The molecular weight excluding hydrogens is 717 g/mol. The Balaban J connectivity index is 1.15. The molecule has 3 N–H and O–H groups in total. The Labute approximate surface area is 314 Å². The number of sulfonamides is 1. The molecule has 0 radical (unpaired) electrons. The number of nitrogens with zero attached hydrogens (tertiary/aromatic N) is 3. The van der Waals surface area contributed by atoms with Crippen LogP contribution in [-0.2, 0) is 35.6 Å². The van der Waals surface area contributed by atoms with Crippen molar-refractivity contribution in [2.45, 2.75) is 125 Å². The quantitative estimate of drug-likeness (QED) is 0.301. The van der Waals surface area contributed by atoms with Crippen LogP contribution in [0.15, 0.2) is 53.3 Å². The molecule has 2 saturated carbocycles. The summed E-state index contributed by atoms with van der Waals surface area (Å²) in [6, 6.07) is 8.81. The van der Waals surface area contributed by atoms with Gasteiger partial charge < -0.3 is 29.5 Å². The van der Waals surface area contributed by atoms with Crippen LogP contribution < -0.4 is 20.1 Å². The minimum atomic E-state index is -4.11. The maximum atomic E-state index is 14.4. The number of ether oxygens (including phenoxy) is 2. The molecule has 54 heavy (non-hydrogen) atoms. The third-order valence-electron chi connectivity index (χ3n) is 11.0. The summed E-state index contributed by atoms with van der Waals surface area (Å²) in [5.74, 6) is -1.81. The third kappa shape index (κ3) is 7.89. The lowest BCUT2D eigenvalue weighted by Gasteiger charge is -2.31. The van der Waals surface area contributed by atoms with Gasteiger partial charge in [0.15, 0.2) is 5.75 Å².